The maximum atomic E-state index is 12.3. The molecular weight excluding hydrogens is 354 g/mol. The summed E-state index contributed by atoms with van der Waals surface area (Å²) in [6, 6.07) is 17.0. The molecular formula is C22H21N3O3. The van der Waals surface area contributed by atoms with Gasteiger partial charge in [0.1, 0.15) is 6.54 Å². The monoisotopic (exact) mass is 375 g/mol. The van der Waals surface area contributed by atoms with E-state index in [4.69, 9.17) is 0 Å². The van der Waals surface area contributed by atoms with Crippen LogP contribution in [0.1, 0.15) is 32.8 Å². The molecule has 0 spiro atoms. The minimum atomic E-state index is -0.412. The second-order valence-electron chi connectivity index (χ2n) is 6.94. The minimum absolute atomic E-state index is 0.252. The molecule has 0 bridgehead atoms. The maximum Gasteiger partial charge on any atom is 0.262 e. The summed E-state index contributed by atoms with van der Waals surface area (Å²) in [5, 5.41) is 4.01. The van der Waals surface area contributed by atoms with Crippen LogP contribution in [0.5, 0.6) is 0 Å². The second kappa shape index (κ2) is 7.31. The number of imide groups is 1. The number of carbonyl (C=O) groups is 3. The van der Waals surface area contributed by atoms with Crippen molar-refractivity contribution >= 4 is 28.6 Å². The zero-order valence-corrected chi connectivity index (χ0v) is 15.6. The molecule has 0 aliphatic carbocycles. The van der Waals surface area contributed by atoms with E-state index in [0.717, 1.165) is 17.9 Å². The van der Waals surface area contributed by atoms with Gasteiger partial charge in [-0.1, -0.05) is 30.3 Å². The Bertz CT molecular complexity index is 1050. The zero-order valence-electron chi connectivity index (χ0n) is 15.6. The van der Waals surface area contributed by atoms with E-state index < -0.39 is 11.8 Å². The summed E-state index contributed by atoms with van der Waals surface area (Å²) in [6.45, 7) is 3.08. The molecule has 0 radical (unpaired) electrons. The number of hydrogen-bond acceptors (Lipinski definition) is 3. The van der Waals surface area contributed by atoms with Gasteiger partial charge < -0.3 is 9.88 Å². The Balaban J connectivity index is 1.30. The molecule has 4 rings (SSSR count). The number of carbonyl (C=O) groups excluding carboxylic acids is 3. The van der Waals surface area contributed by atoms with E-state index in [-0.39, 0.29) is 12.5 Å². The lowest BCUT2D eigenvalue weighted by Crippen LogP contribution is -2.40. The highest BCUT2D eigenvalue weighted by atomic mass is 16.2. The van der Waals surface area contributed by atoms with Gasteiger partial charge in [0.2, 0.25) is 5.91 Å². The highest BCUT2D eigenvalue weighted by Gasteiger charge is 2.36. The second-order valence-corrected chi connectivity index (χ2v) is 6.94. The largest absolute Gasteiger partial charge is 0.354 e. The molecule has 6 heteroatoms. The fraction of sp³-hybridized carbons (Fsp3) is 0.227. The third-order valence-corrected chi connectivity index (χ3v) is 5.08. The minimum Gasteiger partial charge on any atom is -0.354 e. The van der Waals surface area contributed by atoms with Gasteiger partial charge in [-0.2, -0.15) is 0 Å². The van der Waals surface area contributed by atoms with Gasteiger partial charge in [-0.3, -0.25) is 19.3 Å². The van der Waals surface area contributed by atoms with Gasteiger partial charge in [0, 0.05) is 24.3 Å². The standard InChI is InChI=1S/C22H21N3O3/c1-15-13-16-7-2-5-10-19(16)24(15)12-6-11-23-20(26)14-25-21(27)17-8-3-4-9-18(17)22(25)28/h2-5,7-10,13H,6,11-12,14H2,1H3,(H,23,26). The van der Waals surface area contributed by atoms with Crippen molar-refractivity contribution < 1.29 is 14.4 Å². The summed E-state index contributed by atoms with van der Waals surface area (Å²) in [6.07, 6.45) is 0.757. The van der Waals surface area contributed by atoms with E-state index in [2.05, 4.69) is 35.0 Å². The SMILES string of the molecule is Cc1cc2ccccc2n1CCCNC(=O)CN1C(=O)c2ccccc2C1=O. The molecule has 6 nitrogen and oxygen atoms in total. The maximum absolute atomic E-state index is 12.3. The van der Waals surface area contributed by atoms with Crippen LogP contribution in [-0.2, 0) is 11.3 Å². The summed E-state index contributed by atoms with van der Waals surface area (Å²) in [5.74, 6) is -1.15. The lowest BCUT2D eigenvalue weighted by Gasteiger charge is -2.14. The molecule has 142 valence electrons. The predicted octanol–water partition coefficient (Wildman–Crippen LogP) is 2.75. The van der Waals surface area contributed by atoms with Crippen molar-refractivity contribution in [1.29, 1.82) is 0 Å². The van der Waals surface area contributed by atoms with Crippen molar-refractivity contribution in [3.8, 4) is 0 Å². The van der Waals surface area contributed by atoms with Crippen molar-refractivity contribution in [2.45, 2.75) is 19.9 Å². The molecule has 0 saturated carbocycles. The molecule has 0 fully saturated rings. The summed E-state index contributed by atoms with van der Waals surface area (Å²) in [4.78, 5) is 37.8. The van der Waals surface area contributed by atoms with Crippen LogP contribution in [0, 0.1) is 6.92 Å². The van der Waals surface area contributed by atoms with E-state index in [0.29, 0.717) is 17.7 Å². The Labute approximate surface area is 162 Å². The van der Waals surface area contributed by atoms with E-state index >= 15 is 0 Å². The normalized spacial score (nSPS) is 13.2. The Morgan fingerprint density at radius 1 is 0.964 bits per heavy atom. The highest BCUT2D eigenvalue weighted by molar-refractivity contribution is 6.22. The lowest BCUT2D eigenvalue weighted by atomic mass is 10.1. The van der Waals surface area contributed by atoms with E-state index in [1.807, 2.05) is 12.1 Å². The van der Waals surface area contributed by atoms with E-state index in [9.17, 15) is 14.4 Å². The van der Waals surface area contributed by atoms with Crippen molar-refractivity contribution in [2.24, 2.45) is 0 Å². The average Bonchev–Trinajstić information content (AvgIpc) is 3.14. The van der Waals surface area contributed by atoms with Crippen LogP contribution in [0.2, 0.25) is 0 Å². The number of para-hydroxylation sites is 1. The van der Waals surface area contributed by atoms with Gasteiger partial charge in [0.05, 0.1) is 11.1 Å². The van der Waals surface area contributed by atoms with Crippen molar-refractivity contribution in [1.82, 2.24) is 14.8 Å². The molecule has 1 aliphatic heterocycles. The number of nitrogens with zero attached hydrogens (tertiary/aromatic N) is 2. The highest BCUT2D eigenvalue weighted by Crippen LogP contribution is 2.22. The van der Waals surface area contributed by atoms with Crippen molar-refractivity contribution in [3.05, 3.63) is 71.4 Å². The molecule has 3 aromatic rings. The third-order valence-electron chi connectivity index (χ3n) is 5.08. The molecule has 2 aromatic carbocycles. The quantitative estimate of drug-likeness (QED) is 0.532. The molecule has 2 heterocycles. The smallest absolute Gasteiger partial charge is 0.262 e. The van der Waals surface area contributed by atoms with Crippen LogP contribution in [0.4, 0.5) is 0 Å². The van der Waals surface area contributed by atoms with Crippen molar-refractivity contribution in [3.63, 3.8) is 0 Å². The van der Waals surface area contributed by atoms with Gasteiger partial charge >= 0.3 is 0 Å². The number of nitrogens with one attached hydrogen (secondary N) is 1. The van der Waals surface area contributed by atoms with E-state index in [1.165, 1.54) is 16.6 Å². The van der Waals surface area contributed by atoms with Crippen LogP contribution in [0.25, 0.3) is 10.9 Å². The summed E-state index contributed by atoms with van der Waals surface area (Å²) < 4.78 is 2.23. The number of benzene rings is 2. The van der Waals surface area contributed by atoms with E-state index in [1.54, 1.807) is 24.3 Å². The number of rotatable bonds is 6. The Morgan fingerprint density at radius 2 is 1.61 bits per heavy atom. The summed E-state index contributed by atoms with van der Waals surface area (Å²) in [5.41, 5.74) is 3.07. The summed E-state index contributed by atoms with van der Waals surface area (Å²) >= 11 is 0. The van der Waals surface area contributed by atoms with Crippen molar-refractivity contribution in [2.75, 3.05) is 13.1 Å². The van der Waals surface area contributed by atoms with Gasteiger partial charge in [0.25, 0.3) is 11.8 Å². The molecule has 28 heavy (non-hydrogen) atoms. The van der Waals surface area contributed by atoms with Crippen LogP contribution < -0.4 is 5.32 Å². The molecule has 1 aliphatic rings. The van der Waals surface area contributed by atoms with Crippen LogP contribution in [-0.4, -0.2) is 40.3 Å². The first-order valence-electron chi connectivity index (χ1n) is 9.33. The van der Waals surface area contributed by atoms with Gasteiger partial charge in [-0.15, -0.1) is 0 Å². The van der Waals surface area contributed by atoms with Crippen LogP contribution >= 0.6 is 0 Å². The Morgan fingerprint density at radius 3 is 2.32 bits per heavy atom. The first kappa shape index (κ1) is 18.0. The predicted molar refractivity (Wildman–Crippen MR) is 106 cm³/mol. The zero-order chi connectivity index (χ0) is 19.7. The van der Waals surface area contributed by atoms with Gasteiger partial charge in [0.15, 0.2) is 0 Å². The first-order chi connectivity index (χ1) is 13.6. The lowest BCUT2D eigenvalue weighted by molar-refractivity contribution is -0.121. The number of hydrogen-bond donors (Lipinski definition) is 1. The molecule has 0 unspecified atom stereocenters. The molecule has 1 aromatic heterocycles. The molecule has 0 saturated heterocycles. The van der Waals surface area contributed by atoms with Crippen LogP contribution in [0.15, 0.2) is 54.6 Å². The fourth-order valence-corrected chi connectivity index (χ4v) is 3.69. The number of aromatic nitrogens is 1. The third kappa shape index (κ3) is 3.17. The van der Waals surface area contributed by atoms with Gasteiger partial charge in [-0.25, -0.2) is 0 Å². The Hall–Kier alpha value is -3.41. The number of fused-ring (bicyclic) bond motifs is 2. The summed E-state index contributed by atoms with van der Waals surface area (Å²) in [7, 11) is 0. The van der Waals surface area contributed by atoms with Crippen LogP contribution in [0.3, 0.4) is 0 Å². The molecule has 1 N–H and O–H groups in total. The molecule has 0 atom stereocenters. The average molecular weight is 375 g/mol. The van der Waals surface area contributed by atoms with Gasteiger partial charge in [-0.05, 0) is 43.0 Å². The number of amides is 3. The number of aryl methyl sites for hydroxylation is 2. The fourth-order valence-electron chi connectivity index (χ4n) is 3.69. The Kier molecular flexibility index (Phi) is 4.69. The first-order valence-corrected chi connectivity index (χ1v) is 9.33. The topological polar surface area (TPSA) is 71.4 Å². The molecule has 3 amide bonds.